The van der Waals surface area contributed by atoms with Crippen LogP contribution in [0.5, 0.6) is 0 Å². The fourth-order valence-electron chi connectivity index (χ4n) is 3.09. The molecule has 0 saturated carbocycles. The number of carbonyl (C=O) groups excluding carboxylic acids is 1. The molecule has 0 radical (unpaired) electrons. The minimum Gasteiger partial charge on any atom is -0.381 e. The van der Waals surface area contributed by atoms with Gasteiger partial charge in [-0.1, -0.05) is 23.7 Å². The Balaban J connectivity index is 1.66. The Labute approximate surface area is 130 Å². The van der Waals surface area contributed by atoms with Crippen molar-refractivity contribution in [3.8, 4) is 0 Å². The van der Waals surface area contributed by atoms with Gasteiger partial charge in [0.15, 0.2) is 0 Å². The second-order valence-electron chi connectivity index (χ2n) is 5.76. The number of hydrogen-bond acceptors (Lipinski definition) is 3. The van der Waals surface area contributed by atoms with E-state index in [2.05, 4.69) is 11.4 Å². The lowest BCUT2D eigenvalue weighted by Gasteiger charge is -2.36. The Kier molecular flexibility index (Phi) is 4.78. The number of hydrogen-bond donors (Lipinski definition) is 1. The van der Waals surface area contributed by atoms with Crippen LogP contribution < -0.4 is 5.32 Å². The molecule has 2 fully saturated rings. The summed E-state index contributed by atoms with van der Waals surface area (Å²) in [6.45, 7) is 3.65. The van der Waals surface area contributed by atoms with Crippen molar-refractivity contribution in [1.29, 1.82) is 0 Å². The molecule has 2 atom stereocenters. The number of piperazine rings is 1. The Hall–Kier alpha value is -1.10. The van der Waals surface area contributed by atoms with Gasteiger partial charge < -0.3 is 15.0 Å². The highest BCUT2D eigenvalue weighted by Crippen LogP contribution is 2.23. The number of rotatable bonds is 2. The molecule has 0 aliphatic carbocycles. The SMILES string of the molecule is O=C([C@@H]1CCCOC1)N1CCN[C@@H](c2cccc(Cl)c2)C1. The van der Waals surface area contributed by atoms with Gasteiger partial charge >= 0.3 is 0 Å². The first-order chi connectivity index (χ1) is 10.2. The van der Waals surface area contributed by atoms with Crippen LogP contribution in [0.25, 0.3) is 0 Å². The van der Waals surface area contributed by atoms with Gasteiger partial charge in [-0.25, -0.2) is 0 Å². The summed E-state index contributed by atoms with van der Waals surface area (Å²) in [4.78, 5) is 14.6. The Bertz CT molecular complexity index is 503. The Morgan fingerprint density at radius 2 is 2.33 bits per heavy atom. The number of carbonyl (C=O) groups is 1. The third kappa shape index (κ3) is 3.57. The molecule has 0 unspecified atom stereocenters. The first-order valence-electron chi connectivity index (χ1n) is 7.59. The molecule has 1 N–H and O–H groups in total. The van der Waals surface area contributed by atoms with Crippen LogP contribution in [-0.2, 0) is 9.53 Å². The Morgan fingerprint density at radius 1 is 1.43 bits per heavy atom. The lowest BCUT2D eigenvalue weighted by Crippen LogP contribution is -2.51. The molecule has 2 aliphatic rings. The fourth-order valence-corrected chi connectivity index (χ4v) is 3.29. The molecular formula is C16H21ClN2O2. The summed E-state index contributed by atoms with van der Waals surface area (Å²) < 4.78 is 5.44. The summed E-state index contributed by atoms with van der Waals surface area (Å²) >= 11 is 6.06. The van der Waals surface area contributed by atoms with E-state index in [0.717, 1.165) is 43.1 Å². The highest BCUT2D eigenvalue weighted by atomic mass is 35.5. The lowest BCUT2D eigenvalue weighted by atomic mass is 9.98. The van der Waals surface area contributed by atoms with Crippen LogP contribution in [0.1, 0.15) is 24.4 Å². The van der Waals surface area contributed by atoms with Crippen LogP contribution in [0.15, 0.2) is 24.3 Å². The van der Waals surface area contributed by atoms with Crippen molar-refractivity contribution in [1.82, 2.24) is 10.2 Å². The number of benzene rings is 1. The van der Waals surface area contributed by atoms with E-state index in [1.165, 1.54) is 0 Å². The van der Waals surface area contributed by atoms with Crippen LogP contribution >= 0.6 is 11.6 Å². The average Bonchev–Trinajstić information content (AvgIpc) is 2.55. The maximum absolute atomic E-state index is 12.6. The molecule has 0 aromatic heterocycles. The van der Waals surface area contributed by atoms with E-state index in [9.17, 15) is 4.79 Å². The molecule has 1 aromatic rings. The number of nitrogens with one attached hydrogen (secondary N) is 1. The summed E-state index contributed by atoms with van der Waals surface area (Å²) in [5.41, 5.74) is 1.14. The second kappa shape index (κ2) is 6.77. The van der Waals surface area contributed by atoms with Gasteiger partial charge in [-0.2, -0.15) is 0 Å². The van der Waals surface area contributed by atoms with Crippen LogP contribution in [0.3, 0.4) is 0 Å². The second-order valence-corrected chi connectivity index (χ2v) is 6.20. The summed E-state index contributed by atoms with van der Waals surface area (Å²) in [5.74, 6) is 0.278. The standard InChI is InChI=1S/C16H21ClN2O2/c17-14-5-1-3-12(9-14)15-10-19(7-6-18-15)16(20)13-4-2-8-21-11-13/h1,3,5,9,13,15,18H,2,4,6-8,10-11H2/t13-,15-/m1/s1. The normalized spacial score (nSPS) is 26.6. The molecule has 4 nitrogen and oxygen atoms in total. The van der Waals surface area contributed by atoms with Crippen molar-refractivity contribution in [2.75, 3.05) is 32.8 Å². The van der Waals surface area contributed by atoms with Gasteiger partial charge in [0, 0.05) is 37.3 Å². The summed E-state index contributed by atoms with van der Waals surface area (Å²) in [6, 6.07) is 8.01. The minimum atomic E-state index is 0.0388. The third-order valence-corrected chi connectivity index (χ3v) is 4.48. The predicted octanol–water partition coefficient (Wildman–Crippen LogP) is 2.24. The number of halogens is 1. The summed E-state index contributed by atoms with van der Waals surface area (Å²) in [7, 11) is 0. The number of nitrogens with zero attached hydrogens (tertiary/aromatic N) is 1. The number of ether oxygens (including phenoxy) is 1. The molecular weight excluding hydrogens is 288 g/mol. The van der Waals surface area contributed by atoms with Crippen LogP contribution in [-0.4, -0.2) is 43.7 Å². The molecule has 1 aromatic carbocycles. The molecule has 2 saturated heterocycles. The fraction of sp³-hybridized carbons (Fsp3) is 0.562. The van der Waals surface area contributed by atoms with Crippen molar-refractivity contribution < 1.29 is 9.53 Å². The van der Waals surface area contributed by atoms with Crippen molar-refractivity contribution in [2.45, 2.75) is 18.9 Å². The van der Waals surface area contributed by atoms with Crippen LogP contribution in [0.2, 0.25) is 5.02 Å². The molecule has 114 valence electrons. The lowest BCUT2D eigenvalue weighted by molar-refractivity contribution is -0.141. The zero-order valence-electron chi connectivity index (χ0n) is 12.1. The number of amides is 1. The van der Waals surface area contributed by atoms with Crippen molar-refractivity contribution in [3.63, 3.8) is 0 Å². The smallest absolute Gasteiger partial charge is 0.228 e. The van der Waals surface area contributed by atoms with E-state index >= 15 is 0 Å². The maximum Gasteiger partial charge on any atom is 0.228 e. The van der Waals surface area contributed by atoms with Crippen LogP contribution in [0.4, 0.5) is 0 Å². The maximum atomic E-state index is 12.6. The first kappa shape index (κ1) is 14.8. The van der Waals surface area contributed by atoms with E-state index in [1.54, 1.807) is 0 Å². The van der Waals surface area contributed by atoms with Gasteiger partial charge in [0.25, 0.3) is 0 Å². The molecule has 5 heteroatoms. The van der Waals surface area contributed by atoms with E-state index in [1.807, 2.05) is 23.1 Å². The topological polar surface area (TPSA) is 41.6 Å². The van der Waals surface area contributed by atoms with Crippen molar-refractivity contribution >= 4 is 17.5 Å². The predicted molar refractivity (Wildman–Crippen MR) is 82.3 cm³/mol. The van der Waals surface area contributed by atoms with Gasteiger partial charge in [0.2, 0.25) is 5.91 Å². The van der Waals surface area contributed by atoms with Gasteiger partial charge in [-0.15, -0.1) is 0 Å². The van der Waals surface area contributed by atoms with Crippen molar-refractivity contribution in [2.24, 2.45) is 5.92 Å². The van der Waals surface area contributed by atoms with E-state index in [4.69, 9.17) is 16.3 Å². The largest absolute Gasteiger partial charge is 0.381 e. The van der Waals surface area contributed by atoms with Gasteiger partial charge in [-0.3, -0.25) is 4.79 Å². The van der Waals surface area contributed by atoms with E-state index in [0.29, 0.717) is 13.2 Å². The zero-order chi connectivity index (χ0) is 14.7. The molecule has 2 aliphatic heterocycles. The summed E-state index contributed by atoms with van der Waals surface area (Å²) in [5, 5.41) is 4.20. The summed E-state index contributed by atoms with van der Waals surface area (Å²) in [6.07, 6.45) is 1.94. The monoisotopic (exact) mass is 308 g/mol. The highest BCUT2D eigenvalue weighted by Gasteiger charge is 2.30. The quantitative estimate of drug-likeness (QED) is 0.911. The molecule has 3 rings (SSSR count). The van der Waals surface area contributed by atoms with Gasteiger partial charge in [0.05, 0.1) is 12.5 Å². The average molecular weight is 309 g/mol. The minimum absolute atomic E-state index is 0.0388. The third-order valence-electron chi connectivity index (χ3n) is 4.25. The molecule has 2 heterocycles. The van der Waals surface area contributed by atoms with Crippen molar-refractivity contribution in [3.05, 3.63) is 34.9 Å². The van der Waals surface area contributed by atoms with Crippen LogP contribution in [0, 0.1) is 5.92 Å². The van der Waals surface area contributed by atoms with Gasteiger partial charge in [0.1, 0.15) is 0 Å². The Morgan fingerprint density at radius 3 is 3.10 bits per heavy atom. The van der Waals surface area contributed by atoms with Gasteiger partial charge in [-0.05, 0) is 30.5 Å². The first-order valence-corrected chi connectivity index (χ1v) is 7.97. The van der Waals surface area contributed by atoms with E-state index < -0.39 is 0 Å². The highest BCUT2D eigenvalue weighted by molar-refractivity contribution is 6.30. The molecule has 1 amide bonds. The molecule has 0 spiro atoms. The molecule has 0 bridgehead atoms. The zero-order valence-corrected chi connectivity index (χ0v) is 12.8. The van der Waals surface area contributed by atoms with E-state index in [-0.39, 0.29) is 17.9 Å². The molecule has 21 heavy (non-hydrogen) atoms.